The molecule has 1 atom stereocenters. The Balaban J connectivity index is 2.40. The monoisotopic (exact) mass is 242 g/mol. The summed E-state index contributed by atoms with van der Waals surface area (Å²) in [5.41, 5.74) is 1.07. The van der Waals surface area contributed by atoms with Crippen LogP contribution in [0.1, 0.15) is 25.5 Å². The van der Waals surface area contributed by atoms with Gasteiger partial charge in [-0.3, -0.25) is 4.98 Å². The van der Waals surface area contributed by atoms with Gasteiger partial charge in [-0.15, -0.1) is 0 Å². The van der Waals surface area contributed by atoms with E-state index < -0.39 is 9.84 Å². The van der Waals surface area contributed by atoms with Crippen LogP contribution in [0.3, 0.4) is 0 Å². The van der Waals surface area contributed by atoms with Crippen molar-refractivity contribution >= 4 is 9.84 Å². The van der Waals surface area contributed by atoms with E-state index in [9.17, 15) is 8.42 Å². The molecular weight excluding hydrogens is 224 g/mol. The zero-order chi connectivity index (χ0) is 12.0. The van der Waals surface area contributed by atoms with Crippen LogP contribution in [0.4, 0.5) is 0 Å². The van der Waals surface area contributed by atoms with Gasteiger partial charge >= 0.3 is 0 Å². The molecule has 0 fully saturated rings. The fourth-order valence-electron chi connectivity index (χ4n) is 1.33. The maximum absolute atomic E-state index is 11.3. The number of pyridine rings is 1. The molecule has 0 bridgehead atoms. The zero-order valence-electron chi connectivity index (χ0n) is 9.68. The molecule has 16 heavy (non-hydrogen) atoms. The molecule has 1 heterocycles. The fraction of sp³-hybridized carbons (Fsp3) is 0.545. The Morgan fingerprint density at radius 1 is 1.50 bits per heavy atom. The summed E-state index contributed by atoms with van der Waals surface area (Å²) in [5.74, 6) is 0.393. The van der Waals surface area contributed by atoms with Gasteiger partial charge in [0.15, 0.2) is 9.84 Å². The van der Waals surface area contributed by atoms with Gasteiger partial charge in [-0.05, 0) is 18.6 Å². The first-order chi connectivity index (χ1) is 7.55. The topological polar surface area (TPSA) is 59.1 Å². The van der Waals surface area contributed by atoms with Crippen LogP contribution >= 0.6 is 0 Å². The Hall–Kier alpha value is -0.940. The first kappa shape index (κ1) is 13.1. The third-order valence-corrected chi connectivity index (χ3v) is 4.19. The van der Waals surface area contributed by atoms with E-state index in [4.69, 9.17) is 0 Å². The molecule has 1 aromatic heterocycles. The molecule has 0 aromatic carbocycles. The predicted octanol–water partition coefficient (Wildman–Crippen LogP) is 1.17. The van der Waals surface area contributed by atoms with Crippen molar-refractivity contribution in [2.24, 2.45) is 0 Å². The molecule has 0 spiro atoms. The maximum atomic E-state index is 11.3. The van der Waals surface area contributed by atoms with Crippen molar-refractivity contribution in [2.75, 3.05) is 18.1 Å². The molecule has 4 nitrogen and oxygen atoms in total. The minimum atomic E-state index is -2.88. The van der Waals surface area contributed by atoms with E-state index in [0.717, 1.165) is 5.56 Å². The van der Waals surface area contributed by atoms with Crippen LogP contribution in [0, 0.1) is 0 Å². The van der Waals surface area contributed by atoms with Gasteiger partial charge in [0.2, 0.25) is 0 Å². The van der Waals surface area contributed by atoms with Gasteiger partial charge in [0, 0.05) is 30.7 Å². The van der Waals surface area contributed by atoms with E-state index in [2.05, 4.69) is 10.3 Å². The molecule has 0 saturated carbocycles. The lowest BCUT2D eigenvalue weighted by Crippen LogP contribution is -2.26. The summed E-state index contributed by atoms with van der Waals surface area (Å²) in [4.78, 5) is 4.02. The molecule has 1 rings (SSSR count). The van der Waals surface area contributed by atoms with Crippen LogP contribution in [-0.2, 0) is 9.84 Å². The quantitative estimate of drug-likeness (QED) is 0.813. The lowest BCUT2D eigenvalue weighted by molar-refractivity contribution is 0.572. The van der Waals surface area contributed by atoms with Gasteiger partial charge < -0.3 is 5.32 Å². The summed E-state index contributed by atoms with van der Waals surface area (Å²) in [6.07, 6.45) is 3.50. The number of sulfone groups is 1. The van der Waals surface area contributed by atoms with Crippen molar-refractivity contribution in [1.82, 2.24) is 10.3 Å². The number of aromatic nitrogens is 1. The SMILES string of the molecule is CCS(=O)(=O)CCN[C@H](C)c1cccnc1. The number of nitrogens with zero attached hydrogens (tertiary/aromatic N) is 1. The second-order valence-corrected chi connectivity index (χ2v) is 6.17. The van der Waals surface area contributed by atoms with Crippen LogP contribution in [-0.4, -0.2) is 31.5 Å². The average molecular weight is 242 g/mol. The standard InChI is InChI=1S/C11H18N2O2S/c1-3-16(14,15)8-7-13-10(2)11-5-4-6-12-9-11/h4-6,9-10,13H,3,7-8H2,1-2H3/t10-/m1/s1. The molecule has 1 aromatic rings. The Morgan fingerprint density at radius 3 is 2.81 bits per heavy atom. The van der Waals surface area contributed by atoms with Gasteiger partial charge in [-0.25, -0.2) is 8.42 Å². The predicted molar refractivity (Wildman–Crippen MR) is 65.0 cm³/mol. The molecule has 0 aliphatic carbocycles. The summed E-state index contributed by atoms with van der Waals surface area (Å²) in [5, 5.41) is 3.17. The van der Waals surface area contributed by atoms with E-state index in [-0.39, 0.29) is 17.5 Å². The van der Waals surface area contributed by atoms with Crippen LogP contribution < -0.4 is 5.32 Å². The second kappa shape index (κ2) is 5.96. The van der Waals surface area contributed by atoms with Crippen LogP contribution in [0.5, 0.6) is 0 Å². The fourth-order valence-corrected chi connectivity index (χ4v) is 2.04. The van der Waals surface area contributed by atoms with Crippen molar-refractivity contribution in [3.8, 4) is 0 Å². The van der Waals surface area contributed by atoms with Crippen LogP contribution in [0.25, 0.3) is 0 Å². The molecular formula is C11H18N2O2S. The first-order valence-electron chi connectivity index (χ1n) is 5.39. The Kier molecular flexibility index (Phi) is 4.89. The van der Waals surface area contributed by atoms with Gasteiger partial charge in [0.1, 0.15) is 0 Å². The molecule has 0 unspecified atom stereocenters. The molecule has 1 N–H and O–H groups in total. The zero-order valence-corrected chi connectivity index (χ0v) is 10.5. The van der Waals surface area contributed by atoms with Gasteiger partial charge in [-0.2, -0.15) is 0 Å². The molecule has 5 heteroatoms. The van der Waals surface area contributed by atoms with Gasteiger partial charge in [0.05, 0.1) is 5.75 Å². The first-order valence-corrected chi connectivity index (χ1v) is 7.21. The van der Waals surface area contributed by atoms with Crippen molar-refractivity contribution in [3.05, 3.63) is 30.1 Å². The van der Waals surface area contributed by atoms with E-state index in [1.165, 1.54) is 0 Å². The van der Waals surface area contributed by atoms with Gasteiger partial charge in [0.25, 0.3) is 0 Å². The highest BCUT2D eigenvalue weighted by Gasteiger charge is 2.09. The van der Waals surface area contributed by atoms with Crippen molar-refractivity contribution in [1.29, 1.82) is 0 Å². The molecule has 0 aliphatic heterocycles. The Bertz CT molecular complexity index is 403. The average Bonchev–Trinajstić information content (AvgIpc) is 2.30. The summed E-state index contributed by atoms with van der Waals surface area (Å²) in [7, 11) is -2.88. The highest BCUT2D eigenvalue weighted by molar-refractivity contribution is 7.91. The molecule has 90 valence electrons. The lowest BCUT2D eigenvalue weighted by atomic mass is 10.1. The highest BCUT2D eigenvalue weighted by Crippen LogP contribution is 2.09. The van der Waals surface area contributed by atoms with Crippen molar-refractivity contribution in [3.63, 3.8) is 0 Å². The summed E-state index contributed by atoms with van der Waals surface area (Å²) in [6.45, 7) is 4.14. The summed E-state index contributed by atoms with van der Waals surface area (Å²) >= 11 is 0. The van der Waals surface area contributed by atoms with E-state index in [1.54, 1.807) is 19.3 Å². The summed E-state index contributed by atoms with van der Waals surface area (Å²) < 4.78 is 22.5. The number of hydrogen-bond donors (Lipinski definition) is 1. The number of hydrogen-bond acceptors (Lipinski definition) is 4. The van der Waals surface area contributed by atoms with E-state index in [0.29, 0.717) is 6.54 Å². The second-order valence-electron chi connectivity index (χ2n) is 3.70. The molecule has 0 saturated heterocycles. The lowest BCUT2D eigenvalue weighted by Gasteiger charge is -2.13. The van der Waals surface area contributed by atoms with E-state index >= 15 is 0 Å². The summed E-state index contributed by atoms with van der Waals surface area (Å²) in [6, 6.07) is 3.97. The number of rotatable bonds is 6. The Morgan fingerprint density at radius 2 is 2.25 bits per heavy atom. The third-order valence-electron chi connectivity index (χ3n) is 2.49. The number of nitrogens with one attached hydrogen (secondary N) is 1. The van der Waals surface area contributed by atoms with Gasteiger partial charge in [-0.1, -0.05) is 13.0 Å². The molecule has 0 radical (unpaired) electrons. The largest absolute Gasteiger partial charge is 0.309 e. The normalized spacial score (nSPS) is 13.6. The van der Waals surface area contributed by atoms with Crippen LogP contribution in [0.2, 0.25) is 0 Å². The third kappa shape index (κ3) is 4.28. The van der Waals surface area contributed by atoms with E-state index in [1.807, 2.05) is 19.1 Å². The van der Waals surface area contributed by atoms with Crippen LogP contribution in [0.15, 0.2) is 24.5 Å². The van der Waals surface area contributed by atoms with Crippen molar-refractivity contribution in [2.45, 2.75) is 19.9 Å². The minimum absolute atomic E-state index is 0.126. The van der Waals surface area contributed by atoms with Crippen molar-refractivity contribution < 1.29 is 8.42 Å². The molecule has 0 amide bonds. The smallest absolute Gasteiger partial charge is 0.151 e. The Labute approximate surface area is 97.0 Å². The molecule has 0 aliphatic rings. The maximum Gasteiger partial charge on any atom is 0.151 e. The highest BCUT2D eigenvalue weighted by atomic mass is 32.2. The minimum Gasteiger partial charge on any atom is -0.309 e.